The topological polar surface area (TPSA) is 100 Å². The third-order valence-electron chi connectivity index (χ3n) is 1.94. The second kappa shape index (κ2) is 6.12. The zero-order valence-corrected chi connectivity index (χ0v) is 6.47. The van der Waals surface area contributed by atoms with Crippen LogP contribution in [0.3, 0.4) is 0 Å². The Morgan fingerprint density at radius 2 is 1.73 bits per heavy atom. The zero-order valence-electron chi connectivity index (χ0n) is 6.47. The first kappa shape index (κ1) is 13.0. The summed E-state index contributed by atoms with van der Waals surface area (Å²) < 4.78 is 0. The van der Waals surface area contributed by atoms with Gasteiger partial charge in [0, 0.05) is 6.42 Å². The molecular weight excluding hydrogens is 148 g/mol. The van der Waals surface area contributed by atoms with Gasteiger partial charge in [0.2, 0.25) is 0 Å². The van der Waals surface area contributed by atoms with Crippen LogP contribution in [0.25, 0.3) is 0 Å². The van der Waals surface area contributed by atoms with Crippen molar-refractivity contribution in [2.24, 2.45) is 5.92 Å². The molecule has 1 saturated carbocycles. The van der Waals surface area contributed by atoms with Crippen LogP contribution >= 0.6 is 0 Å². The van der Waals surface area contributed by atoms with Gasteiger partial charge in [-0.25, -0.2) is 0 Å². The van der Waals surface area contributed by atoms with Gasteiger partial charge in [-0.15, -0.1) is 0 Å². The van der Waals surface area contributed by atoms with Crippen LogP contribution in [0.4, 0.5) is 0 Å². The van der Waals surface area contributed by atoms with Crippen LogP contribution in [0.5, 0.6) is 0 Å². The first-order chi connectivity index (χ1) is 4.29. The normalized spacial score (nSPS) is 16.7. The molecule has 5 N–H and O–H groups in total. The van der Waals surface area contributed by atoms with Crippen molar-refractivity contribution in [1.29, 1.82) is 0 Å². The number of carboxylic acids is 1. The highest BCUT2D eigenvalue weighted by Gasteiger charge is 2.17. The summed E-state index contributed by atoms with van der Waals surface area (Å²) >= 11 is 0. The molecule has 0 saturated heterocycles. The second-order valence-corrected chi connectivity index (χ2v) is 2.75. The summed E-state index contributed by atoms with van der Waals surface area (Å²) in [5, 5.41) is 8.37. The van der Waals surface area contributed by atoms with Crippen LogP contribution in [0, 0.1) is 5.92 Å². The summed E-state index contributed by atoms with van der Waals surface area (Å²) in [6, 6.07) is 0. The average molecular weight is 164 g/mol. The van der Waals surface area contributed by atoms with Crippen LogP contribution in [0.15, 0.2) is 0 Å². The predicted molar refractivity (Wildman–Crippen MR) is 41.4 cm³/mol. The molecule has 0 aliphatic heterocycles. The SMILES string of the molecule is O.O.O=C(O)CC1CCCC1. The van der Waals surface area contributed by atoms with Gasteiger partial charge < -0.3 is 16.1 Å². The maximum Gasteiger partial charge on any atom is 0.303 e. The molecule has 0 atom stereocenters. The van der Waals surface area contributed by atoms with Crippen molar-refractivity contribution in [3.8, 4) is 0 Å². The molecule has 4 heteroatoms. The van der Waals surface area contributed by atoms with E-state index in [1.54, 1.807) is 0 Å². The molecule has 0 spiro atoms. The fourth-order valence-electron chi connectivity index (χ4n) is 1.46. The van der Waals surface area contributed by atoms with Gasteiger partial charge in [-0.1, -0.05) is 12.8 Å². The molecule has 68 valence electrons. The highest BCUT2D eigenvalue weighted by molar-refractivity contribution is 5.67. The van der Waals surface area contributed by atoms with Gasteiger partial charge in [0.15, 0.2) is 0 Å². The number of hydrogen-bond acceptors (Lipinski definition) is 1. The lowest BCUT2D eigenvalue weighted by Gasteiger charge is -2.01. The van der Waals surface area contributed by atoms with Gasteiger partial charge in [0.1, 0.15) is 0 Å². The Morgan fingerprint density at radius 1 is 1.27 bits per heavy atom. The minimum absolute atomic E-state index is 0. The van der Waals surface area contributed by atoms with Crippen LogP contribution in [-0.2, 0) is 4.79 Å². The molecule has 0 aromatic rings. The molecule has 1 fully saturated rings. The van der Waals surface area contributed by atoms with Gasteiger partial charge >= 0.3 is 5.97 Å². The van der Waals surface area contributed by atoms with E-state index >= 15 is 0 Å². The Labute approximate surface area is 65.8 Å². The fourth-order valence-corrected chi connectivity index (χ4v) is 1.46. The summed E-state index contributed by atoms with van der Waals surface area (Å²) in [4.78, 5) is 10.2. The summed E-state index contributed by atoms with van der Waals surface area (Å²) in [6.07, 6.45) is 5.12. The Bertz CT molecular complexity index is 107. The van der Waals surface area contributed by atoms with E-state index in [2.05, 4.69) is 0 Å². The van der Waals surface area contributed by atoms with Crippen molar-refractivity contribution in [1.82, 2.24) is 0 Å². The second-order valence-electron chi connectivity index (χ2n) is 2.75. The molecule has 0 radical (unpaired) electrons. The van der Waals surface area contributed by atoms with Gasteiger partial charge in [0.05, 0.1) is 0 Å². The number of hydrogen-bond donors (Lipinski definition) is 1. The Balaban J connectivity index is 0. The fraction of sp³-hybridized carbons (Fsp3) is 0.857. The molecule has 1 aliphatic carbocycles. The summed E-state index contributed by atoms with van der Waals surface area (Å²) in [5.41, 5.74) is 0. The smallest absolute Gasteiger partial charge is 0.303 e. The average Bonchev–Trinajstić information content (AvgIpc) is 2.15. The van der Waals surface area contributed by atoms with Gasteiger partial charge in [-0.3, -0.25) is 4.79 Å². The summed E-state index contributed by atoms with van der Waals surface area (Å²) in [7, 11) is 0. The summed E-state index contributed by atoms with van der Waals surface area (Å²) in [5.74, 6) is -0.149. The van der Waals surface area contributed by atoms with Gasteiger partial charge in [0.25, 0.3) is 0 Å². The van der Waals surface area contributed by atoms with Crippen molar-refractivity contribution in [2.45, 2.75) is 32.1 Å². The molecule has 11 heavy (non-hydrogen) atoms. The standard InChI is InChI=1S/C7H12O2.2H2O/c8-7(9)5-6-3-1-2-4-6;;/h6H,1-5H2,(H,8,9);2*1H2. The Morgan fingerprint density at radius 3 is 2.09 bits per heavy atom. The quantitative estimate of drug-likeness (QED) is 0.621. The summed E-state index contributed by atoms with van der Waals surface area (Å²) in [6.45, 7) is 0. The van der Waals surface area contributed by atoms with Gasteiger partial charge in [-0.05, 0) is 18.8 Å². The lowest BCUT2D eigenvalue weighted by atomic mass is 10.1. The minimum Gasteiger partial charge on any atom is -0.481 e. The predicted octanol–water partition coefficient (Wildman–Crippen LogP) is 0.00190. The van der Waals surface area contributed by atoms with Crippen LogP contribution in [-0.4, -0.2) is 22.0 Å². The number of aliphatic carboxylic acids is 1. The molecule has 0 aromatic heterocycles. The van der Waals surface area contributed by atoms with E-state index in [0.717, 1.165) is 12.8 Å². The van der Waals surface area contributed by atoms with E-state index < -0.39 is 5.97 Å². The maximum atomic E-state index is 10.2. The molecular formula is C7H16O4. The molecule has 0 heterocycles. The van der Waals surface area contributed by atoms with E-state index in [4.69, 9.17) is 5.11 Å². The first-order valence-electron chi connectivity index (χ1n) is 3.51. The van der Waals surface area contributed by atoms with Crippen LogP contribution in [0.2, 0.25) is 0 Å². The van der Waals surface area contributed by atoms with E-state index in [9.17, 15) is 4.79 Å². The van der Waals surface area contributed by atoms with E-state index in [0.29, 0.717) is 12.3 Å². The van der Waals surface area contributed by atoms with E-state index in [1.807, 2.05) is 0 Å². The third kappa shape index (κ3) is 4.75. The zero-order chi connectivity index (χ0) is 6.69. The number of rotatable bonds is 2. The highest BCUT2D eigenvalue weighted by Crippen LogP contribution is 2.27. The largest absolute Gasteiger partial charge is 0.481 e. The molecule has 1 rings (SSSR count). The number of carbonyl (C=O) groups is 1. The van der Waals surface area contributed by atoms with E-state index in [-0.39, 0.29) is 11.0 Å². The molecule has 0 bridgehead atoms. The Kier molecular flexibility index (Phi) is 7.24. The molecule has 1 aliphatic rings. The Hall–Kier alpha value is -0.610. The van der Waals surface area contributed by atoms with Crippen molar-refractivity contribution in [3.63, 3.8) is 0 Å². The highest BCUT2D eigenvalue weighted by atomic mass is 16.4. The van der Waals surface area contributed by atoms with Crippen molar-refractivity contribution >= 4 is 5.97 Å². The van der Waals surface area contributed by atoms with Crippen molar-refractivity contribution in [3.05, 3.63) is 0 Å². The van der Waals surface area contributed by atoms with Crippen LogP contribution in [0.1, 0.15) is 32.1 Å². The lowest BCUT2D eigenvalue weighted by molar-refractivity contribution is -0.138. The van der Waals surface area contributed by atoms with Crippen LogP contribution < -0.4 is 0 Å². The lowest BCUT2D eigenvalue weighted by Crippen LogP contribution is -2.02. The van der Waals surface area contributed by atoms with Crippen molar-refractivity contribution in [2.75, 3.05) is 0 Å². The number of carboxylic acid groups (broad SMARTS) is 1. The van der Waals surface area contributed by atoms with E-state index in [1.165, 1.54) is 12.8 Å². The molecule has 0 unspecified atom stereocenters. The van der Waals surface area contributed by atoms with Crippen molar-refractivity contribution < 1.29 is 20.9 Å². The maximum absolute atomic E-state index is 10.2. The molecule has 0 aromatic carbocycles. The third-order valence-corrected chi connectivity index (χ3v) is 1.94. The molecule has 4 nitrogen and oxygen atoms in total. The first-order valence-corrected chi connectivity index (χ1v) is 3.51. The minimum atomic E-state index is -0.637. The molecule has 0 amide bonds. The van der Waals surface area contributed by atoms with Gasteiger partial charge in [-0.2, -0.15) is 0 Å². The monoisotopic (exact) mass is 164 g/mol.